The Balaban J connectivity index is 1.41. The lowest BCUT2D eigenvalue weighted by atomic mass is 9.97. The molecule has 0 bridgehead atoms. The van der Waals surface area contributed by atoms with Gasteiger partial charge >= 0.3 is 0 Å². The van der Waals surface area contributed by atoms with Crippen molar-refractivity contribution in [1.82, 2.24) is 20.0 Å². The number of nitrogens with one attached hydrogen (secondary N) is 1. The smallest absolute Gasteiger partial charge is 0.118 e. The lowest BCUT2D eigenvalue weighted by Crippen LogP contribution is -2.40. The fourth-order valence-corrected chi connectivity index (χ4v) is 4.39. The molecule has 0 saturated carbocycles. The van der Waals surface area contributed by atoms with Crippen LogP contribution in [0.1, 0.15) is 43.6 Å². The number of piperidine rings is 1. The van der Waals surface area contributed by atoms with Gasteiger partial charge in [0.2, 0.25) is 0 Å². The molecule has 1 aliphatic heterocycles. The number of likely N-dealkylation sites (tertiary alicyclic amines) is 1. The van der Waals surface area contributed by atoms with Gasteiger partial charge < -0.3 is 14.5 Å². The molecule has 5 nitrogen and oxygen atoms in total. The summed E-state index contributed by atoms with van der Waals surface area (Å²) in [4.78, 5) is 5.09. The van der Waals surface area contributed by atoms with Gasteiger partial charge in [0.05, 0.1) is 12.8 Å². The van der Waals surface area contributed by atoms with E-state index in [0.717, 1.165) is 44.1 Å². The van der Waals surface area contributed by atoms with Gasteiger partial charge in [0.1, 0.15) is 5.75 Å². The van der Waals surface area contributed by atoms with Crippen LogP contribution in [0.5, 0.6) is 5.75 Å². The molecule has 1 aromatic heterocycles. The summed E-state index contributed by atoms with van der Waals surface area (Å²) < 4.78 is 5.25. The summed E-state index contributed by atoms with van der Waals surface area (Å²) >= 11 is 0. The third-order valence-electron chi connectivity index (χ3n) is 5.79. The van der Waals surface area contributed by atoms with Crippen molar-refractivity contribution in [3.05, 3.63) is 47.3 Å². The van der Waals surface area contributed by atoms with E-state index < -0.39 is 0 Å². The standard InChI is InChI=1S/C24H38N4O/c1-19(2)14-22-15-23(26-25-22)18-27(3)16-21-6-5-12-28(17-21)13-11-20-7-9-24(29-4)10-8-20/h7-10,15,19,21H,5-6,11-14,16-18H2,1-4H3,(H,25,26). The number of hydrogen-bond acceptors (Lipinski definition) is 4. The number of hydrogen-bond donors (Lipinski definition) is 1. The van der Waals surface area contributed by atoms with Crippen LogP contribution in [0.15, 0.2) is 30.3 Å². The van der Waals surface area contributed by atoms with Crippen LogP contribution >= 0.6 is 0 Å². The number of aromatic amines is 1. The first-order valence-corrected chi connectivity index (χ1v) is 11.1. The van der Waals surface area contributed by atoms with Crippen molar-refractivity contribution in [2.45, 2.75) is 46.1 Å². The number of nitrogens with zero attached hydrogens (tertiary/aromatic N) is 3. The Morgan fingerprint density at radius 2 is 2.07 bits per heavy atom. The van der Waals surface area contributed by atoms with E-state index in [4.69, 9.17) is 4.74 Å². The molecule has 1 saturated heterocycles. The molecule has 5 heteroatoms. The van der Waals surface area contributed by atoms with E-state index in [-0.39, 0.29) is 0 Å². The molecule has 0 spiro atoms. The van der Waals surface area contributed by atoms with E-state index in [1.54, 1.807) is 7.11 Å². The van der Waals surface area contributed by atoms with Crippen molar-refractivity contribution in [2.24, 2.45) is 11.8 Å². The summed E-state index contributed by atoms with van der Waals surface area (Å²) in [5.74, 6) is 2.33. The first-order chi connectivity index (χ1) is 14.0. The molecule has 29 heavy (non-hydrogen) atoms. The van der Waals surface area contributed by atoms with Gasteiger partial charge in [-0.15, -0.1) is 0 Å². The van der Waals surface area contributed by atoms with Crippen molar-refractivity contribution < 1.29 is 4.74 Å². The van der Waals surface area contributed by atoms with Crippen molar-refractivity contribution in [3.8, 4) is 5.75 Å². The first-order valence-electron chi connectivity index (χ1n) is 11.1. The molecule has 1 fully saturated rings. The quantitative estimate of drug-likeness (QED) is 0.657. The molecule has 3 rings (SSSR count). The molecule has 0 amide bonds. The molecule has 1 aromatic carbocycles. The number of aromatic nitrogens is 2. The number of rotatable bonds is 10. The average molecular weight is 399 g/mol. The lowest BCUT2D eigenvalue weighted by Gasteiger charge is -2.34. The Kier molecular flexibility index (Phi) is 8.13. The van der Waals surface area contributed by atoms with E-state index in [1.807, 2.05) is 0 Å². The molecule has 2 heterocycles. The van der Waals surface area contributed by atoms with Crippen molar-refractivity contribution in [3.63, 3.8) is 0 Å². The van der Waals surface area contributed by atoms with Gasteiger partial charge in [-0.05, 0) is 74.9 Å². The summed E-state index contributed by atoms with van der Waals surface area (Å²) in [6.07, 6.45) is 4.81. The van der Waals surface area contributed by atoms with Gasteiger partial charge in [0, 0.05) is 31.9 Å². The summed E-state index contributed by atoms with van der Waals surface area (Å²) in [5, 5.41) is 7.69. The maximum absolute atomic E-state index is 5.25. The second-order valence-electron chi connectivity index (χ2n) is 9.09. The predicted octanol–water partition coefficient (Wildman–Crippen LogP) is 4.00. The van der Waals surface area contributed by atoms with Crippen molar-refractivity contribution in [1.29, 1.82) is 0 Å². The van der Waals surface area contributed by atoms with E-state index in [9.17, 15) is 0 Å². The molecule has 1 N–H and O–H groups in total. The van der Waals surface area contributed by atoms with Crippen molar-refractivity contribution in [2.75, 3.05) is 40.3 Å². The van der Waals surface area contributed by atoms with Crippen LogP contribution in [-0.2, 0) is 19.4 Å². The zero-order valence-electron chi connectivity index (χ0n) is 18.7. The Hall–Kier alpha value is -1.85. The largest absolute Gasteiger partial charge is 0.497 e. The third kappa shape index (κ3) is 7.16. The minimum Gasteiger partial charge on any atom is -0.497 e. The molecule has 160 valence electrons. The van der Waals surface area contributed by atoms with Gasteiger partial charge in [-0.3, -0.25) is 5.10 Å². The summed E-state index contributed by atoms with van der Waals surface area (Å²) in [6, 6.07) is 10.7. The monoisotopic (exact) mass is 398 g/mol. The first kappa shape index (κ1) is 21.8. The lowest BCUT2D eigenvalue weighted by molar-refractivity contribution is 0.142. The highest BCUT2D eigenvalue weighted by molar-refractivity contribution is 5.27. The second kappa shape index (κ2) is 10.8. The molecule has 2 aromatic rings. The van der Waals surface area contributed by atoms with Crippen LogP contribution in [-0.4, -0.2) is 60.3 Å². The molecule has 1 unspecified atom stereocenters. The maximum atomic E-state index is 5.25. The molecule has 1 aliphatic rings. The van der Waals surface area contributed by atoms with Crippen LogP contribution in [0.25, 0.3) is 0 Å². The van der Waals surface area contributed by atoms with Crippen LogP contribution in [0, 0.1) is 11.8 Å². The van der Waals surface area contributed by atoms with Crippen LogP contribution in [0.4, 0.5) is 0 Å². The van der Waals surface area contributed by atoms with E-state index >= 15 is 0 Å². The minimum atomic E-state index is 0.648. The Morgan fingerprint density at radius 3 is 2.79 bits per heavy atom. The topological polar surface area (TPSA) is 44.4 Å². The zero-order valence-corrected chi connectivity index (χ0v) is 18.7. The van der Waals surface area contributed by atoms with E-state index in [1.165, 1.54) is 42.9 Å². The van der Waals surface area contributed by atoms with Gasteiger partial charge in [-0.1, -0.05) is 26.0 Å². The second-order valence-corrected chi connectivity index (χ2v) is 9.09. The zero-order chi connectivity index (χ0) is 20.6. The predicted molar refractivity (Wildman–Crippen MR) is 119 cm³/mol. The normalized spacial score (nSPS) is 17.9. The summed E-state index contributed by atoms with van der Waals surface area (Å²) in [5.41, 5.74) is 3.81. The third-order valence-corrected chi connectivity index (χ3v) is 5.79. The van der Waals surface area contributed by atoms with Gasteiger partial charge in [-0.25, -0.2) is 0 Å². The Morgan fingerprint density at radius 1 is 1.28 bits per heavy atom. The number of benzene rings is 1. The molecular formula is C24H38N4O. The Bertz CT molecular complexity index is 725. The highest BCUT2D eigenvalue weighted by Gasteiger charge is 2.21. The van der Waals surface area contributed by atoms with E-state index in [0.29, 0.717) is 5.92 Å². The van der Waals surface area contributed by atoms with Gasteiger partial charge in [0.15, 0.2) is 0 Å². The van der Waals surface area contributed by atoms with Crippen LogP contribution in [0.3, 0.4) is 0 Å². The van der Waals surface area contributed by atoms with Crippen molar-refractivity contribution >= 4 is 0 Å². The SMILES string of the molecule is COc1ccc(CCN2CCCC(CN(C)Cc3cc(CC(C)C)n[nH]3)C2)cc1. The average Bonchev–Trinajstić information content (AvgIpc) is 3.12. The number of methoxy groups -OCH3 is 1. The highest BCUT2D eigenvalue weighted by Crippen LogP contribution is 2.19. The number of H-pyrrole nitrogens is 1. The fourth-order valence-electron chi connectivity index (χ4n) is 4.39. The molecule has 0 radical (unpaired) electrons. The number of ether oxygens (including phenoxy) is 1. The fraction of sp³-hybridized carbons (Fsp3) is 0.625. The van der Waals surface area contributed by atoms with Gasteiger partial charge in [0.25, 0.3) is 0 Å². The minimum absolute atomic E-state index is 0.648. The van der Waals surface area contributed by atoms with Crippen LogP contribution < -0.4 is 4.74 Å². The van der Waals surface area contributed by atoms with Gasteiger partial charge in [-0.2, -0.15) is 5.10 Å². The Labute approximate surface area is 176 Å². The highest BCUT2D eigenvalue weighted by atomic mass is 16.5. The molecular weight excluding hydrogens is 360 g/mol. The van der Waals surface area contributed by atoms with E-state index in [2.05, 4.69) is 71.2 Å². The maximum Gasteiger partial charge on any atom is 0.118 e. The molecule has 1 atom stereocenters. The van der Waals surface area contributed by atoms with Crippen LogP contribution in [0.2, 0.25) is 0 Å². The summed E-state index contributed by atoms with van der Waals surface area (Å²) in [6.45, 7) is 10.2. The molecule has 0 aliphatic carbocycles. The summed E-state index contributed by atoms with van der Waals surface area (Å²) in [7, 11) is 3.95.